The molecule has 0 saturated heterocycles. The van der Waals surface area contributed by atoms with Crippen molar-refractivity contribution in [1.82, 2.24) is 20.2 Å². The molecule has 0 radical (unpaired) electrons. The van der Waals surface area contributed by atoms with E-state index in [4.69, 9.17) is 5.73 Å². The average Bonchev–Trinajstić information content (AvgIpc) is 2.83. The molecular weight excluding hydrogens is 250 g/mol. The van der Waals surface area contributed by atoms with Crippen molar-refractivity contribution in [3.63, 3.8) is 0 Å². The monoisotopic (exact) mass is 273 g/mol. The molecule has 0 bridgehead atoms. The lowest BCUT2D eigenvalue weighted by molar-refractivity contribution is 0.242. The van der Waals surface area contributed by atoms with Crippen molar-refractivity contribution < 1.29 is 0 Å². The van der Waals surface area contributed by atoms with Gasteiger partial charge in [-0.25, -0.2) is 4.68 Å². The standard InChI is InChI=1S/C15H23N5/c1-10(2)13(11(3)4)9-20-15(17-18-19-20)12-7-5-6-8-14(12)16/h5-8,10-11,13H,9,16H2,1-4H3. The number of para-hydroxylation sites is 1. The SMILES string of the molecule is CC(C)C(Cn1nnnc1-c1ccccc1N)C(C)C. The number of nitrogen functional groups attached to an aromatic ring is 1. The van der Waals surface area contributed by atoms with Gasteiger partial charge in [-0.2, -0.15) is 0 Å². The fourth-order valence-electron chi connectivity index (χ4n) is 2.61. The normalized spacial score (nSPS) is 11.8. The Morgan fingerprint density at radius 3 is 2.35 bits per heavy atom. The van der Waals surface area contributed by atoms with Crippen molar-refractivity contribution >= 4 is 5.69 Å². The first-order valence-electron chi connectivity index (χ1n) is 7.11. The van der Waals surface area contributed by atoms with E-state index in [-0.39, 0.29) is 0 Å². The summed E-state index contributed by atoms with van der Waals surface area (Å²) in [4.78, 5) is 0. The van der Waals surface area contributed by atoms with Crippen LogP contribution < -0.4 is 5.73 Å². The van der Waals surface area contributed by atoms with E-state index in [1.165, 1.54) is 0 Å². The van der Waals surface area contributed by atoms with Gasteiger partial charge >= 0.3 is 0 Å². The maximum absolute atomic E-state index is 6.02. The second kappa shape index (κ2) is 6.03. The molecule has 2 rings (SSSR count). The summed E-state index contributed by atoms with van der Waals surface area (Å²) >= 11 is 0. The molecule has 5 nitrogen and oxygen atoms in total. The summed E-state index contributed by atoms with van der Waals surface area (Å²) in [6.45, 7) is 9.78. The van der Waals surface area contributed by atoms with Crippen LogP contribution in [-0.2, 0) is 6.54 Å². The van der Waals surface area contributed by atoms with Gasteiger partial charge < -0.3 is 5.73 Å². The van der Waals surface area contributed by atoms with Crippen LogP contribution in [0.3, 0.4) is 0 Å². The molecule has 1 aromatic heterocycles. The second-order valence-corrected chi connectivity index (χ2v) is 5.92. The lowest BCUT2D eigenvalue weighted by Crippen LogP contribution is -2.23. The molecule has 0 saturated carbocycles. The molecule has 108 valence electrons. The highest BCUT2D eigenvalue weighted by Crippen LogP contribution is 2.26. The Kier molecular flexibility index (Phi) is 4.37. The van der Waals surface area contributed by atoms with Crippen molar-refractivity contribution in [3.8, 4) is 11.4 Å². The van der Waals surface area contributed by atoms with Crippen LogP contribution in [0, 0.1) is 17.8 Å². The molecule has 0 aliphatic heterocycles. The zero-order valence-electron chi connectivity index (χ0n) is 12.6. The smallest absolute Gasteiger partial charge is 0.184 e. The van der Waals surface area contributed by atoms with E-state index in [1.54, 1.807) is 0 Å². The van der Waals surface area contributed by atoms with Crippen molar-refractivity contribution in [2.75, 3.05) is 5.73 Å². The quantitative estimate of drug-likeness (QED) is 0.850. The number of rotatable bonds is 5. The van der Waals surface area contributed by atoms with Crippen LogP contribution in [0.15, 0.2) is 24.3 Å². The molecule has 0 unspecified atom stereocenters. The molecule has 1 aromatic carbocycles. The predicted molar refractivity (Wildman–Crippen MR) is 80.8 cm³/mol. The highest BCUT2D eigenvalue weighted by atomic mass is 15.5. The van der Waals surface area contributed by atoms with Gasteiger partial charge in [-0.15, -0.1) is 5.10 Å². The van der Waals surface area contributed by atoms with Crippen LogP contribution in [0.1, 0.15) is 27.7 Å². The third-order valence-corrected chi connectivity index (χ3v) is 3.83. The minimum Gasteiger partial charge on any atom is -0.398 e. The van der Waals surface area contributed by atoms with E-state index in [0.29, 0.717) is 23.4 Å². The van der Waals surface area contributed by atoms with Crippen LogP contribution in [-0.4, -0.2) is 20.2 Å². The Hall–Kier alpha value is -1.91. The topological polar surface area (TPSA) is 69.6 Å². The van der Waals surface area contributed by atoms with Crippen LogP contribution in [0.2, 0.25) is 0 Å². The second-order valence-electron chi connectivity index (χ2n) is 5.92. The van der Waals surface area contributed by atoms with Crippen molar-refractivity contribution in [2.24, 2.45) is 17.8 Å². The van der Waals surface area contributed by atoms with Gasteiger partial charge in [-0.3, -0.25) is 0 Å². The Morgan fingerprint density at radius 1 is 1.10 bits per heavy atom. The molecule has 0 fully saturated rings. The minimum atomic E-state index is 0.530. The number of anilines is 1. The molecule has 20 heavy (non-hydrogen) atoms. The number of hydrogen-bond donors (Lipinski definition) is 1. The highest BCUT2D eigenvalue weighted by Gasteiger charge is 2.21. The van der Waals surface area contributed by atoms with E-state index in [2.05, 4.69) is 43.2 Å². The van der Waals surface area contributed by atoms with Gasteiger partial charge in [0.1, 0.15) is 0 Å². The Bertz CT molecular complexity index is 551. The van der Waals surface area contributed by atoms with Gasteiger partial charge in [-0.05, 0) is 40.3 Å². The maximum atomic E-state index is 6.02. The summed E-state index contributed by atoms with van der Waals surface area (Å²) in [5.74, 6) is 2.44. The van der Waals surface area contributed by atoms with Crippen LogP contribution in [0.5, 0.6) is 0 Å². The average molecular weight is 273 g/mol. The van der Waals surface area contributed by atoms with E-state index < -0.39 is 0 Å². The van der Waals surface area contributed by atoms with Gasteiger partial charge in [0.05, 0.1) is 0 Å². The van der Waals surface area contributed by atoms with Crippen molar-refractivity contribution in [2.45, 2.75) is 34.2 Å². The van der Waals surface area contributed by atoms with Crippen molar-refractivity contribution in [3.05, 3.63) is 24.3 Å². The molecule has 0 amide bonds. The molecule has 0 atom stereocenters. The number of aromatic nitrogens is 4. The molecule has 0 aliphatic rings. The van der Waals surface area contributed by atoms with Gasteiger partial charge in [0, 0.05) is 17.8 Å². The minimum absolute atomic E-state index is 0.530. The summed E-state index contributed by atoms with van der Waals surface area (Å²) in [5.41, 5.74) is 7.62. The third kappa shape index (κ3) is 2.98. The molecule has 1 heterocycles. The Balaban J connectivity index is 2.32. The van der Waals surface area contributed by atoms with Gasteiger partial charge in [0.25, 0.3) is 0 Å². The van der Waals surface area contributed by atoms with E-state index >= 15 is 0 Å². The lowest BCUT2D eigenvalue weighted by atomic mass is 9.85. The molecule has 2 aromatic rings. The summed E-state index contributed by atoms with van der Waals surface area (Å²) in [5, 5.41) is 12.1. The molecule has 2 N–H and O–H groups in total. The van der Waals surface area contributed by atoms with Gasteiger partial charge in [0.2, 0.25) is 0 Å². The Labute approximate surface area is 120 Å². The largest absolute Gasteiger partial charge is 0.398 e. The van der Waals surface area contributed by atoms with Crippen molar-refractivity contribution in [1.29, 1.82) is 0 Å². The maximum Gasteiger partial charge on any atom is 0.184 e. The zero-order chi connectivity index (χ0) is 14.7. The fourth-order valence-corrected chi connectivity index (χ4v) is 2.61. The molecule has 0 spiro atoms. The number of tetrazole rings is 1. The summed E-state index contributed by atoms with van der Waals surface area (Å²) in [7, 11) is 0. The fraction of sp³-hybridized carbons (Fsp3) is 0.533. The van der Waals surface area contributed by atoms with Gasteiger partial charge in [0.15, 0.2) is 5.82 Å². The van der Waals surface area contributed by atoms with E-state index in [9.17, 15) is 0 Å². The zero-order valence-corrected chi connectivity index (χ0v) is 12.6. The van der Waals surface area contributed by atoms with E-state index in [0.717, 1.165) is 17.9 Å². The van der Waals surface area contributed by atoms with Crippen LogP contribution in [0.4, 0.5) is 5.69 Å². The summed E-state index contributed by atoms with van der Waals surface area (Å²) in [6, 6.07) is 7.69. The number of nitrogens with zero attached hydrogens (tertiary/aromatic N) is 4. The molecule has 0 aliphatic carbocycles. The first-order valence-corrected chi connectivity index (χ1v) is 7.11. The van der Waals surface area contributed by atoms with Crippen LogP contribution in [0.25, 0.3) is 11.4 Å². The molecule has 5 heteroatoms. The summed E-state index contributed by atoms with van der Waals surface area (Å²) in [6.07, 6.45) is 0. The number of hydrogen-bond acceptors (Lipinski definition) is 4. The van der Waals surface area contributed by atoms with E-state index in [1.807, 2.05) is 28.9 Å². The van der Waals surface area contributed by atoms with Crippen LogP contribution >= 0.6 is 0 Å². The highest BCUT2D eigenvalue weighted by molar-refractivity contribution is 5.70. The predicted octanol–water partition coefficient (Wildman–Crippen LogP) is 2.85. The number of nitrogens with two attached hydrogens (primary N) is 1. The summed E-state index contributed by atoms with van der Waals surface area (Å²) < 4.78 is 1.87. The van der Waals surface area contributed by atoms with Gasteiger partial charge in [-0.1, -0.05) is 39.8 Å². The third-order valence-electron chi connectivity index (χ3n) is 3.83. The number of benzene rings is 1. The lowest BCUT2D eigenvalue weighted by Gasteiger charge is -2.24. The first-order chi connectivity index (χ1) is 9.50. The molecular formula is C15H23N5. The Morgan fingerprint density at radius 2 is 1.75 bits per heavy atom. The first kappa shape index (κ1) is 14.5.